The Bertz CT molecular complexity index is 598. The maximum absolute atomic E-state index is 11.1. The van der Waals surface area contributed by atoms with Gasteiger partial charge in [-0.2, -0.15) is 0 Å². The lowest BCUT2D eigenvalue weighted by atomic mass is 10.1. The number of methoxy groups -OCH3 is 1. The topological polar surface area (TPSA) is 29.5 Å². The Morgan fingerprint density at radius 3 is 2.68 bits per heavy atom. The molecule has 0 aliphatic heterocycles. The lowest BCUT2D eigenvalue weighted by Crippen LogP contribution is -2.11. The van der Waals surface area contributed by atoms with Gasteiger partial charge in [0.25, 0.3) is 0 Å². The zero-order valence-electron chi connectivity index (χ0n) is 10.8. The van der Waals surface area contributed by atoms with Crippen molar-refractivity contribution in [3.63, 3.8) is 0 Å². The molecule has 0 atom stereocenters. The summed E-state index contributed by atoms with van der Waals surface area (Å²) in [6.07, 6.45) is 0.803. The largest absolute Gasteiger partial charge is 0.497 e. The van der Waals surface area contributed by atoms with Gasteiger partial charge in [0.05, 0.1) is 12.8 Å². The molecule has 98 valence electrons. The highest BCUT2D eigenvalue weighted by Crippen LogP contribution is 2.30. The minimum atomic E-state index is 0.546. The Hall–Kier alpha value is -2.00. The van der Waals surface area contributed by atoms with Crippen molar-refractivity contribution in [1.82, 2.24) is 0 Å². The molecule has 0 saturated carbocycles. The number of nitrogens with zero attached hydrogens (tertiary/aromatic N) is 1. The van der Waals surface area contributed by atoms with Crippen molar-refractivity contribution in [1.29, 1.82) is 0 Å². The molecule has 19 heavy (non-hydrogen) atoms. The fourth-order valence-corrected chi connectivity index (χ4v) is 2.06. The molecule has 0 fully saturated rings. The highest BCUT2D eigenvalue weighted by Gasteiger charge is 2.10. The van der Waals surface area contributed by atoms with Gasteiger partial charge in [-0.25, -0.2) is 0 Å². The Labute approximate surface area is 117 Å². The quantitative estimate of drug-likeness (QED) is 0.792. The van der Waals surface area contributed by atoms with E-state index in [2.05, 4.69) is 0 Å². The van der Waals surface area contributed by atoms with Crippen LogP contribution < -0.4 is 9.64 Å². The fourth-order valence-electron chi connectivity index (χ4n) is 1.88. The Morgan fingerprint density at radius 1 is 1.21 bits per heavy atom. The molecule has 0 amide bonds. The molecule has 3 nitrogen and oxygen atoms in total. The summed E-state index contributed by atoms with van der Waals surface area (Å²) in [5.74, 6) is 0.769. The van der Waals surface area contributed by atoms with E-state index in [1.165, 1.54) is 0 Å². The average molecular weight is 276 g/mol. The molecule has 0 spiro atoms. The van der Waals surface area contributed by atoms with Crippen LogP contribution in [0.1, 0.15) is 10.4 Å². The number of benzene rings is 2. The normalized spacial score (nSPS) is 10.1. The number of carbonyl (C=O) groups excluding carboxylic acids is 1. The predicted molar refractivity (Wildman–Crippen MR) is 77.9 cm³/mol. The van der Waals surface area contributed by atoms with Crippen molar-refractivity contribution < 1.29 is 9.53 Å². The second-order valence-corrected chi connectivity index (χ2v) is 4.52. The lowest BCUT2D eigenvalue weighted by molar-refractivity contribution is 0.112. The van der Waals surface area contributed by atoms with Gasteiger partial charge in [0.1, 0.15) is 5.75 Å². The Balaban J connectivity index is 2.43. The summed E-state index contributed by atoms with van der Waals surface area (Å²) in [6.45, 7) is 0. The van der Waals surface area contributed by atoms with Gasteiger partial charge >= 0.3 is 0 Å². The van der Waals surface area contributed by atoms with Gasteiger partial charge in [0.15, 0.2) is 6.29 Å². The third-order valence-electron chi connectivity index (χ3n) is 2.92. The third-order valence-corrected chi connectivity index (χ3v) is 3.15. The van der Waals surface area contributed by atoms with Crippen LogP contribution in [0.15, 0.2) is 42.5 Å². The van der Waals surface area contributed by atoms with E-state index in [-0.39, 0.29) is 0 Å². The standard InChI is InChI=1S/C15H14ClNO2/c1-17(13-4-3-5-14(9-13)19-2)15-7-6-12(16)8-11(15)10-18/h3-10H,1-2H3. The van der Waals surface area contributed by atoms with Crippen LogP contribution in [0.4, 0.5) is 11.4 Å². The molecule has 2 aromatic carbocycles. The van der Waals surface area contributed by atoms with Crippen LogP contribution >= 0.6 is 11.6 Å². The van der Waals surface area contributed by atoms with Crippen LogP contribution in [-0.4, -0.2) is 20.4 Å². The molecule has 2 aromatic rings. The first-order chi connectivity index (χ1) is 9.15. The zero-order chi connectivity index (χ0) is 13.8. The van der Waals surface area contributed by atoms with Crippen molar-refractivity contribution in [2.45, 2.75) is 0 Å². The van der Waals surface area contributed by atoms with Gasteiger partial charge in [0.2, 0.25) is 0 Å². The summed E-state index contributed by atoms with van der Waals surface area (Å²) in [5, 5.41) is 0.546. The van der Waals surface area contributed by atoms with Gasteiger partial charge in [-0.15, -0.1) is 0 Å². The molecule has 0 aliphatic carbocycles. The van der Waals surface area contributed by atoms with E-state index in [0.29, 0.717) is 10.6 Å². The molecule has 0 unspecified atom stereocenters. The smallest absolute Gasteiger partial charge is 0.152 e. The Morgan fingerprint density at radius 2 is 2.00 bits per heavy atom. The van der Waals surface area contributed by atoms with E-state index in [1.54, 1.807) is 19.2 Å². The number of carbonyl (C=O) groups is 1. The number of ether oxygens (including phenoxy) is 1. The van der Waals surface area contributed by atoms with Crippen LogP contribution in [0.25, 0.3) is 0 Å². The van der Waals surface area contributed by atoms with E-state index in [4.69, 9.17) is 16.3 Å². The Kier molecular flexibility index (Phi) is 4.07. The van der Waals surface area contributed by atoms with Crippen LogP contribution in [0.5, 0.6) is 5.75 Å². The summed E-state index contributed by atoms with van der Waals surface area (Å²) in [6, 6.07) is 12.9. The van der Waals surface area contributed by atoms with E-state index >= 15 is 0 Å². The monoisotopic (exact) mass is 275 g/mol. The van der Waals surface area contributed by atoms with Crippen LogP contribution in [0.3, 0.4) is 0 Å². The number of hydrogen-bond donors (Lipinski definition) is 0. The SMILES string of the molecule is COc1cccc(N(C)c2ccc(Cl)cc2C=O)c1. The van der Waals surface area contributed by atoms with Crippen molar-refractivity contribution in [2.24, 2.45) is 0 Å². The summed E-state index contributed by atoms with van der Waals surface area (Å²) in [4.78, 5) is 13.0. The van der Waals surface area contributed by atoms with E-state index in [9.17, 15) is 4.79 Å². The fraction of sp³-hybridized carbons (Fsp3) is 0.133. The molecule has 0 N–H and O–H groups in total. The van der Waals surface area contributed by atoms with E-state index in [0.717, 1.165) is 23.4 Å². The summed E-state index contributed by atoms with van der Waals surface area (Å²) < 4.78 is 5.20. The maximum atomic E-state index is 11.1. The second-order valence-electron chi connectivity index (χ2n) is 4.08. The van der Waals surface area contributed by atoms with Gasteiger partial charge in [-0.05, 0) is 30.3 Å². The summed E-state index contributed by atoms with van der Waals surface area (Å²) >= 11 is 5.90. The van der Waals surface area contributed by atoms with E-state index < -0.39 is 0 Å². The molecule has 0 bridgehead atoms. The van der Waals surface area contributed by atoms with Gasteiger partial charge < -0.3 is 9.64 Å². The summed E-state index contributed by atoms with van der Waals surface area (Å²) in [7, 11) is 3.52. The molecule has 0 aromatic heterocycles. The van der Waals surface area contributed by atoms with Gasteiger partial charge in [-0.3, -0.25) is 4.79 Å². The predicted octanol–water partition coefficient (Wildman–Crippen LogP) is 3.93. The summed E-state index contributed by atoms with van der Waals surface area (Å²) in [5.41, 5.74) is 2.29. The van der Waals surface area contributed by atoms with Gasteiger partial charge in [-0.1, -0.05) is 17.7 Å². The first-order valence-corrected chi connectivity index (χ1v) is 6.16. The van der Waals surface area contributed by atoms with Crippen LogP contribution in [-0.2, 0) is 0 Å². The average Bonchev–Trinajstić information content (AvgIpc) is 2.46. The molecule has 4 heteroatoms. The molecule has 0 saturated heterocycles. The number of halogens is 1. The lowest BCUT2D eigenvalue weighted by Gasteiger charge is -2.21. The van der Waals surface area contributed by atoms with Crippen molar-refractivity contribution in [3.8, 4) is 5.75 Å². The van der Waals surface area contributed by atoms with E-state index in [1.807, 2.05) is 42.3 Å². The van der Waals surface area contributed by atoms with Crippen molar-refractivity contribution in [2.75, 3.05) is 19.1 Å². The molecule has 0 aliphatic rings. The molecule has 2 rings (SSSR count). The van der Waals surface area contributed by atoms with Gasteiger partial charge in [0, 0.05) is 29.4 Å². The maximum Gasteiger partial charge on any atom is 0.152 e. The minimum Gasteiger partial charge on any atom is -0.497 e. The van der Waals surface area contributed by atoms with Crippen molar-refractivity contribution in [3.05, 3.63) is 53.1 Å². The molecular weight excluding hydrogens is 262 g/mol. The molecular formula is C15H14ClNO2. The minimum absolute atomic E-state index is 0.546. The molecule has 0 radical (unpaired) electrons. The van der Waals surface area contributed by atoms with Crippen LogP contribution in [0, 0.1) is 0 Å². The number of anilines is 2. The van der Waals surface area contributed by atoms with Crippen molar-refractivity contribution >= 4 is 29.3 Å². The first kappa shape index (κ1) is 13.4. The number of rotatable bonds is 4. The van der Waals surface area contributed by atoms with Crippen LogP contribution in [0.2, 0.25) is 5.02 Å². The first-order valence-electron chi connectivity index (χ1n) is 5.78. The third kappa shape index (κ3) is 2.88. The highest BCUT2D eigenvalue weighted by atomic mass is 35.5. The number of hydrogen-bond acceptors (Lipinski definition) is 3. The zero-order valence-corrected chi connectivity index (χ0v) is 11.5. The second kappa shape index (κ2) is 5.76. The number of aldehydes is 1. The molecule has 0 heterocycles. The highest BCUT2D eigenvalue weighted by molar-refractivity contribution is 6.31.